The van der Waals surface area contributed by atoms with E-state index in [0.717, 1.165) is 57.8 Å². The second-order valence-corrected chi connectivity index (χ2v) is 6.55. The number of carboxylic acid groups (broad SMARTS) is 1. The minimum atomic E-state index is -0.682. The van der Waals surface area contributed by atoms with E-state index in [9.17, 15) is 14.4 Å². The lowest BCUT2D eigenvalue weighted by Gasteiger charge is -1.99. The summed E-state index contributed by atoms with van der Waals surface area (Å²) in [5.74, 6) is -0.774. The van der Waals surface area contributed by atoms with E-state index in [0.29, 0.717) is 36.4 Å². The predicted molar refractivity (Wildman–Crippen MR) is 113 cm³/mol. The minimum Gasteiger partial charge on any atom is -0.529 e. The highest BCUT2D eigenvalue weighted by molar-refractivity contribution is 6.05. The minimum absolute atomic E-state index is 0.0323. The molecule has 0 aromatic carbocycles. The number of carbonyl (C=O) groups is 3. The lowest BCUT2D eigenvalue weighted by atomic mass is 10.2. The Kier molecular flexibility index (Phi) is 30.2. The van der Waals surface area contributed by atoms with Crippen molar-refractivity contribution in [3.05, 3.63) is 0 Å². The summed E-state index contributed by atoms with van der Waals surface area (Å²) in [6, 6.07) is 0. The van der Waals surface area contributed by atoms with Crippen LogP contribution in [0, 0.1) is 0 Å². The van der Waals surface area contributed by atoms with Gasteiger partial charge in [0.15, 0.2) is 0 Å². The molecule has 0 fully saturated rings. The molecule has 0 aliphatic heterocycles. The molecular formula is C20H42O6Si. The smallest absolute Gasteiger partial charge is 0.305 e. The van der Waals surface area contributed by atoms with E-state index in [1.807, 2.05) is 6.92 Å². The molecular weight excluding hydrogens is 364 g/mol. The van der Waals surface area contributed by atoms with Gasteiger partial charge in [0.25, 0.3) is 5.97 Å². The van der Waals surface area contributed by atoms with Crippen LogP contribution in [-0.2, 0) is 23.5 Å². The van der Waals surface area contributed by atoms with Gasteiger partial charge in [-0.1, -0.05) is 59.3 Å². The van der Waals surface area contributed by atoms with Crippen molar-refractivity contribution in [3.63, 3.8) is 0 Å². The number of carbonyl (C=O) groups excluding carboxylic acids is 2. The van der Waals surface area contributed by atoms with Crippen molar-refractivity contribution in [1.29, 1.82) is 0 Å². The standard InChI is InChI=1S/C8H16O2.C6H14O2Si.C6H12O2/c1-3-5-6-7-8(9)10-4-2;1-2-3-4-5-6(7)8-9;1-2-3-4-5-6(7)8/h3-7H2,1-2H3;2-5H2,1,9H3;2-5H2,1H3,(H,7,8). The number of esters is 1. The topological polar surface area (TPSA) is 89.9 Å². The third-order valence-corrected chi connectivity index (χ3v) is 3.95. The Hall–Kier alpha value is -1.37. The molecule has 0 aliphatic carbocycles. The van der Waals surface area contributed by atoms with Crippen molar-refractivity contribution in [2.75, 3.05) is 6.61 Å². The van der Waals surface area contributed by atoms with E-state index >= 15 is 0 Å². The van der Waals surface area contributed by atoms with Crippen LogP contribution in [0.4, 0.5) is 0 Å². The van der Waals surface area contributed by atoms with Crippen LogP contribution in [0.2, 0.25) is 0 Å². The maximum atomic E-state index is 10.7. The third-order valence-electron chi connectivity index (χ3n) is 3.50. The van der Waals surface area contributed by atoms with E-state index in [1.54, 1.807) is 0 Å². The molecule has 0 radical (unpaired) electrons. The largest absolute Gasteiger partial charge is 0.529 e. The van der Waals surface area contributed by atoms with E-state index in [1.165, 1.54) is 0 Å². The Morgan fingerprint density at radius 1 is 0.704 bits per heavy atom. The fourth-order valence-electron chi connectivity index (χ4n) is 1.90. The molecule has 27 heavy (non-hydrogen) atoms. The summed E-state index contributed by atoms with van der Waals surface area (Å²) >= 11 is 0. The van der Waals surface area contributed by atoms with Crippen LogP contribution in [-0.4, -0.2) is 40.1 Å². The van der Waals surface area contributed by atoms with Crippen molar-refractivity contribution < 1.29 is 28.7 Å². The van der Waals surface area contributed by atoms with Gasteiger partial charge in [0.2, 0.25) is 10.5 Å². The van der Waals surface area contributed by atoms with Crippen LogP contribution in [0.1, 0.15) is 105 Å². The quantitative estimate of drug-likeness (QED) is 0.280. The number of aliphatic carboxylic acids is 1. The molecule has 6 nitrogen and oxygen atoms in total. The first-order chi connectivity index (χ1) is 12.9. The van der Waals surface area contributed by atoms with E-state index in [2.05, 4.69) is 25.2 Å². The summed E-state index contributed by atoms with van der Waals surface area (Å²) in [6.45, 7) is 8.63. The van der Waals surface area contributed by atoms with Gasteiger partial charge in [-0.15, -0.1) is 0 Å². The third kappa shape index (κ3) is 36.3. The molecule has 0 heterocycles. The number of unbranched alkanes of at least 4 members (excludes halogenated alkanes) is 6. The molecule has 0 unspecified atom stereocenters. The lowest BCUT2D eigenvalue weighted by Crippen LogP contribution is -2.02. The van der Waals surface area contributed by atoms with Gasteiger partial charge in [0.1, 0.15) is 0 Å². The first kappa shape index (κ1) is 30.4. The van der Waals surface area contributed by atoms with Crippen LogP contribution in [0.25, 0.3) is 0 Å². The molecule has 1 N–H and O–H groups in total. The van der Waals surface area contributed by atoms with Crippen molar-refractivity contribution >= 4 is 28.4 Å². The number of ether oxygens (including phenoxy) is 1. The number of hydrogen-bond donors (Lipinski definition) is 1. The molecule has 162 valence electrons. The normalized spacial score (nSPS) is 9.33. The van der Waals surface area contributed by atoms with Gasteiger partial charge in [-0.25, -0.2) is 0 Å². The van der Waals surface area contributed by atoms with E-state index in [4.69, 9.17) is 9.84 Å². The molecule has 7 heteroatoms. The van der Waals surface area contributed by atoms with Gasteiger partial charge in [-0.3, -0.25) is 14.4 Å². The summed E-state index contributed by atoms with van der Waals surface area (Å²) in [5, 5.41) is 8.14. The molecule has 0 rings (SSSR count). The van der Waals surface area contributed by atoms with Gasteiger partial charge < -0.3 is 14.3 Å². The highest BCUT2D eigenvalue weighted by Gasteiger charge is 1.98. The lowest BCUT2D eigenvalue weighted by molar-refractivity contribution is -0.143. The molecule has 0 bridgehead atoms. The highest BCUT2D eigenvalue weighted by Crippen LogP contribution is 2.00. The molecule has 0 aliphatic rings. The molecule has 0 aromatic rings. The van der Waals surface area contributed by atoms with Crippen LogP contribution < -0.4 is 0 Å². The van der Waals surface area contributed by atoms with Crippen LogP contribution >= 0.6 is 0 Å². The molecule has 0 atom stereocenters. The molecule has 0 aromatic heterocycles. The molecule has 0 saturated heterocycles. The first-order valence-electron chi connectivity index (χ1n) is 10.3. The van der Waals surface area contributed by atoms with Gasteiger partial charge in [-0.2, -0.15) is 0 Å². The zero-order chi connectivity index (χ0) is 21.3. The summed E-state index contributed by atoms with van der Waals surface area (Å²) in [4.78, 5) is 31.1. The first-order valence-corrected chi connectivity index (χ1v) is 11.1. The molecule has 0 saturated carbocycles. The van der Waals surface area contributed by atoms with Gasteiger partial charge in [0, 0.05) is 19.3 Å². The Bertz CT molecular complexity index is 347. The van der Waals surface area contributed by atoms with Crippen LogP contribution in [0.5, 0.6) is 0 Å². The monoisotopic (exact) mass is 406 g/mol. The van der Waals surface area contributed by atoms with Gasteiger partial charge in [-0.05, 0) is 26.2 Å². The zero-order valence-electron chi connectivity index (χ0n) is 18.2. The summed E-state index contributed by atoms with van der Waals surface area (Å²) < 4.78 is 9.35. The SMILES string of the molecule is CCCCCC(=O)O.CCCCCC(=O)OCC.CCCCCC(=O)O[SiH3]. The fraction of sp³-hybridized carbons (Fsp3) is 0.850. The molecule has 0 amide bonds. The maximum Gasteiger partial charge on any atom is 0.305 e. The fourth-order valence-corrected chi connectivity index (χ4v) is 2.10. The van der Waals surface area contributed by atoms with Crippen molar-refractivity contribution in [3.8, 4) is 0 Å². The van der Waals surface area contributed by atoms with Crippen molar-refractivity contribution in [2.45, 2.75) is 105 Å². The second-order valence-electron chi connectivity index (χ2n) is 6.15. The molecule has 0 spiro atoms. The van der Waals surface area contributed by atoms with E-state index < -0.39 is 5.97 Å². The van der Waals surface area contributed by atoms with Crippen molar-refractivity contribution in [2.24, 2.45) is 0 Å². The van der Waals surface area contributed by atoms with Crippen molar-refractivity contribution in [1.82, 2.24) is 0 Å². The van der Waals surface area contributed by atoms with Crippen LogP contribution in [0.15, 0.2) is 0 Å². The Balaban J connectivity index is -0.000000322. The number of carboxylic acids is 1. The second kappa shape index (κ2) is 26.9. The summed E-state index contributed by atoms with van der Waals surface area (Å²) in [6.07, 6.45) is 11.0. The number of hydrogen-bond acceptors (Lipinski definition) is 5. The van der Waals surface area contributed by atoms with Gasteiger partial charge >= 0.3 is 11.9 Å². The summed E-state index contributed by atoms with van der Waals surface area (Å²) in [5.41, 5.74) is 0. The van der Waals surface area contributed by atoms with E-state index in [-0.39, 0.29) is 11.9 Å². The average Bonchev–Trinajstić information content (AvgIpc) is 2.63. The van der Waals surface area contributed by atoms with Crippen LogP contribution in [0.3, 0.4) is 0 Å². The predicted octanol–water partition coefficient (Wildman–Crippen LogP) is 4.17. The Labute approximate surface area is 168 Å². The average molecular weight is 407 g/mol. The van der Waals surface area contributed by atoms with Gasteiger partial charge in [0.05, 0.1) is 6.61 Å². The Morgan fingerprint density at radius 2 is 1.11 bits per heavy atom. The Morgan fingerprint density at radius 3 is 1.44 bits per heavy atom. The maximum absolute atomic E-state index is 10.7. The zero-order valence-corrected chi connectivity index (χ0v) is 20.2. The summed E-state index contributed by atoms with van der Waals surface area (Å²) in [7, 11) is 0.542. The highest BCUT2D eigenvalue weighted by atomic mass is 28.2. The number of rotatable bonds is 13.